The number of likely N-dealkylation sites (N-methyl/N-ethyl adjacent to an activating group) is 1. The summed E-state index contributed by atoms with van der Waals surface area (Å²) in [4.78, 5) is 16.5. The van der Waals surface area contributed by atoms with Crippen molar-refractivity contribution in [2.45, 2.75) is 26.3 Å². The number of aliphatic hydroxyl groups excluding tert-OH is 1. The molecule has 1 N–H and O–H groups in total. The molecule has 2 unspecified atom stereocenters. The molecular formula is C17H25FN2O2. The number of carbonyl (C=O) groups is 1. The highest BCUT2D eigenvalue weighted by Gasteiger charge is 2.26. The van der Waals surface area contributed by atoms with Gasteiger partial charge in [0.15, 0.2) is 0 Å². The maximum Gasteiger partial charge on any atom is 0.237 e. The number of benzene rings is 1. The summed E-state index contributed by atoms with van der Waals surface area (Å²) in [6.07, 6.45) is 0.948. The zero-order chi connectivity index (χ0) is 16.1. The van der Waals surface area contributed by atoms with Crippen LogP contribution in [0.15, 0.2) is 24.3 Å². The van der Waals surface area contributed by atoms with Gasteiger partial charge in [-0.15, -0.1) is 0 Å². The van der Waals surface area contributed by atoms with Crippen molar-refractivity contribution in [1.82, 2.24) is 9.80 Å². The molecule has 22 heavy (non-hydrogen) atoms. The Hall–Kier alpha value is -1.46. The SMILES string of the molecule is CCN(C(=O)CN1CCC(CO)C1)C(C)c1ccc(F)cc1. The molecule has 1 saturated heterocycles. The van der Waals surface area contributed by atoms with Crippen LogP contribution >= 0.6 is 0 Å². The standard InChI is InChI=1S/C17H25FN2O2/c1-3-20(13(2)15-4-6-16(18)7-5-15)17(22)11-19-9-8-14(10-19)12-21/h4-7,13-14,21H,3,8-12H2,1-2H3. The topological polar surface area (TPSA) is 43.8 Å². The van der Waals surface area contributed by atoms with Crippen LogP contribution in [0.2, 0.25) is 0 Å². The average Bonchev–Trinajstić information content (AvgIpc) is 2.96. The van der Waals surface area contributed by atoms with Gasteiger partial charge in [-0.2, -0.15) is 0 Å². The normalized spacial score (nSPS) is 20.1. The average molecular weight is 308 g/mol. The lowest BCUT2D eigenvalue weighted by Crippen LogP contribution is -2.41. The van der Waals surface area contributed by atoms with Crippen molar-refractivity contribution in [3.05, 3.63) is 35.6 Å². The first-order chi connectivity index (χ1) is 10.5. The number of nitrogens with zero attached hydrogens (tertiary/aromatic N) is 2. The molecule has 2 atom stereocenters. The molecule has 5 heteroatoms. The van der Waals surface area contributed by atoms with Gasteiger partial charge in [-0.05, 0) is 50.4 Å². The second-order valence-electron chi connectivity index (χ2n) is 5.98. The van der Waals surface area contributed by atoms with E-state index in [-0.39, 0.29) is 30.3 Å². The van der Waals surface area contributed by atoms with Crippen molar-refractivity contribution < 1.29 is 14.3 Å². The van der Waals surface area contributed by atoms with Crippen LogP contribution in [0.3, 0.4) is 0 Å². The quantitative estimate of drug-likeness (QED) is 0.875. The first-order valence-corrected chi connectivity index (χ1v) is 7.93. The maximum absolute atomic E-state index is 13.0. The van der Waals surface area contributed by atoms with Gasteiger partial charge in [0.1, 0.15) is 5.82 Å². The van der Waals surface area contributed by atoms with Gasteiger partial charge in [0, 0.05) is 19.7 Å². The summed E-state index contributed by atoms with van der Waals surface area (Å²) in [6.45, 7) is 6.76. The molecule has 1 fully saturated rings. The van der Waals surface area contributed by atoms with Crippen LogP contribution in [-0.2, 0) is 4.79 Å². The van der Waals surface area contributed by atoms with Crippen LogP contribution in [0.4, 0.5) is 4.39 Å². The van der Waals surface area contributed by atoms with Crippen LogP contribution in [0.1, 0.15) is 31.9 Å². The second-order valence-corrected chi connectivity index (χ2v) is 5.98. The highest BCUT2D eigenvalue weighted by atomic mass is 19.1. The van der Waals surface area contributed by atoms with Gasteiger partial charge in [-0.3, -0.25) is 9.69 Å². The first-order valence-electron chi connectivity index (χ1n) is 7.93. The minimum atomic E-state index is -0.266. The van der Waals surface area contributed by atoms with Gasteiger partial charge >= 0.3 is 0 Å². The van der Waals surface area contributed by atoms with E-state index in [9.17, 15) is 14.3 Å². The molecule has 1 aromatic carbocycles. The van der Waals surface area contributed by atoms with Gasteiger partial charge < -0.3 is 10.0 Å². The zero-order valence-electron chi connectivity index (χ0n) is 13.3. The minimum Gasteiger partial charge on any atom is -0.396 e. The van der Waals surface area contributed by atoms with Crippen molar-refractivity contribution in [2.24, 2.45) is 5.92 Å². The monoisotopic (exact) mass is 308 g/mol. The smallest absolute Gasteiger partial charge is 0.237 e. The number of likely N-dealkylation sites (tertiary alicyclic amines) is 1. The number of aliphatic hydroxyl groups is 1. The molecule has 0 saturated carbocycles. The van der Waals surface area contributed by atoms with Crippen LogP contribution in [0, 0.1) is 11.7 Å². The van der Waals surface area contributed by atoms with Crippen LogP contribution < -0.4 is 0 Å². The summed E-state index contributed by atoms with van der Waals surface area (Å²) < 4.78 is 13.0. The lowest BCUT2D eigenvalue weighted by Gasteiger charge is -2.30. The predicted molar refractivity (Wildman–Crippen MR) is 83.8 cm³/mol. The van der Waals surface area contributed by atoms with E-state index in [1.54, 1.807) is 12.1 Å². The Labute approximate surface area is 131 Å². The van der Waals surface area contributed by atoms with Crippen molar-refractivity contribution in [3.8, 4) is 0 Å². The van der Waals surface area contributed by atoms with E-state index in [0.29, 0.717) is 13.1 Å². The van der Waals surface area contributed by atoms with Crippen molar-refractivity contribution in [3.63, 3.8) is 0 Å². The highest BCUT2D eigenvalue weighted by molar-refractivity contribution is 5.78. The lowest BCUT2D eigenvalue weighted by molar-refractivity contribution is -0.134. The Morgan fingerprint density at radius 2 is 2.14 bits per heavy atom. The van der Waals surface area contributed by atoms with Gasteiger partial charge in [0.05, 0.1) is 12.6 Å². The first kappa shape index (κ1) is 16.9. The van der Waals surface area contributed by atoms with Crippen LogP contribution in [0.5, 0.6) is 0 Å². The third-order valence-electron chi connectivity index (χ3n) is 4.47. The molecule has 122 valence electrons. The molecule has 0 bridgehead atoms. The van der Waals surface area contributed by atoms with Gasteiger partial charge in [-0.25, -0.2) is 4.39 Å². The van der Waals surface area contributed by atoms with E-state index in [0.717, 1.165) is 25.1 Å². The number of hydrogen-bond donors (Lipinski definition) is 1. The summed E-state index contributed by atoms with van der Waals surface area (Å²) in [5, 5.41) is 9.18. The molecular weight excluding hydrogens is 283 g/mol. The molecule has 1 aromatic rings. The number of rotatable bonds is 6. The zero-order valence-corrected chi connectivity index (χ0v) is 13.3. The minimum absolute atomic E-state index is 0.0747. The molecule has 2 rings (SSSR count). The summed E-state index contributed by atoms with van der Waals surface area (Å²) in [5.74, 6) is 0.104. The Kier molecular flexibility index (Phi) is 5.91. The predicted octanol–water partition coefficient (Wildman–Crippen LogP) is 2.05. The molecule has 0 radical (unpaired) electrons. The summed E-state index contributed by atoms with van der Waals surface area (Å²) in [6, 6.07) is 6.24. The molecule has 1 aliphatic rings. The highest BCUT2D eigenvalue weighted by Crippen LogP contribution is 2.22. The van der Waals surface area contributed by atoms with E-state index in [1.807, 2.05) is 18.7 Å². The van der Waals surface area contributed by atoms with E-state index in [4.69, 9.17) is 0 Å². The number of hydrogen-bond acceptors (Lipinski definition) is 3. The molecule has 0 aliphatic carbocycles. The Bertz CT molecular complexity index is 492. The van der Waals surface area contributed by atoms with Gasteiger partial charge in [-0.1, -0.05) is 12.1 Å². The molecule has 1 amide bonds. The number of halogens is 1. The van der Waals surface area contributed by atoms with Gasteiger partial charge in [0.2, 0.25) is 5.91 Å². The Morgan fingerprint density at radius 3 is 2.68 bits per heavy atom. The van der Waals surface area contributed by atoms with E-state index in [1.165, 1.54) is 12.1 Å². The van der Waals surface area contributed by atoms with E-state index in [2.05, 4.69) is 4.90 Å². The largest absolute Gasteiger partial charge is 0.396 e. The van der Waals surface area contributed by atoms with Crippen molar-refractivity contribution in [2.75, 3.05) is 32.8 Å². The maximum atomic E-state index is 13.0. The third-order valence-corrected chi connectivity index (χ3v) is 4.47. The van der Waals surface area contributed by atoms with E-state index >= 15 is 0 Å². The fourth-order valence-corrected chi connectivity index (χ4v) is 3.08. The fourth-order valence-electron chi connectivity index (χ4n) is 3.08. The Morgan fingerprint density at radius 1 is 1.45 bits per heavy atom. The Balaban J connectivity index is 1.98. The molecule has 1 aliphatic heterocycles. The van der Waals surface area contributed by atoms with Gasteiger partial charge in [0.25, 0.3) is 0 Å². The van der Waals surface area contributed by atoms with Crippen LogP contribution in [0.25, 0.3) is 0 Å². The summed E-state index contributed by atoms with van der Waals surface area (Å²) in [5.41, 5.74) is 0.936. The third kappa shape index (κ3) is 4.05. The van der Waals surface area contributed by atoms with Crippen molar-refractivity contribution in [1.29, 1.82) is 0 Å². The van der Waals surface area contributed by atoms with E-state index < -0.39 is 0 Å². The van der Waals surface area contributed by atoms with Crippen LogP contribution in [-0.4, -0.2) is 53.6 Å². The fraction of sp³-hybridized carbons (Fsp3) is 0.588. The molecule has 0 aromatic heterocycles. The molecule has 0 spiro atoms. The molecule has 1 heterocycles. The van der Waals surface area contributed by atoms with Crippen molar-refractivity contribution >= 4 is 5.91 Å². The molecule has 4 nitrogen and oxygen atoms in total. The number of carbonyl (C=O) groups excluding carboxylic acids is 1. The second kappa shape index (κ2) is 7.70. The number of amides is 1. The lowest BCUT2D eigenvalue weighted by atomic mass is 10.1. The summed E-state index contributed by atoms with van der Waals surface area (Å²) in [7, 11) is 0. The summed E-state index contributed by atoms with van der Waals surface area (Å²) >= 11 is 0.